The molecule has 5 heteroatoms. The summed E-state index contributed by atoms with van der Waals surface area (Å²) in [7, 11) is 2.02. The van der Waals surface area contributed by atoms with Gasteiger partial charge in [-0.05, 0) is 57.9 Å². The standard InChI is InChI=1S/C30H36ClNO3/c1-4-6-11-24(10-5-2)20-32(3)30(26-14-16-27(31)17-15-26,35-23-29(22-34)18-19-29)28-13-9-7-8-12-25(28)21-33/h4-8,10-17,21,34H,9,18-20,22-23H2,1-3H3/b6-4+,10-5-,24-11+. The molecule has 1 aromatic rings. The summed E-state index contributed by atoms with van der Waals surface area (Å²) in [4.78, 5) is 14.4. The van der Waals surface area contributed by atoms with Crippen LogP contribution in [-0.2, 0) is 15.3 Å². The van der Waals surface area contributed by atoms with Crippen LogP contribution in [0.4, 0.5) is 0 Å². The number of hydrogen-bond acceptors (Lipinski definition) is 4. The molecule has 4 nitrogen and oxygen atoms in total. The van der Waals surface area contributed by atoms with E-state index in [4.69, 9.17) is 16.3 Å². The molecule has 1 unspecified atom stereocenters. The molecule has 35 heavy (non-hydrogen) atoms. The SMILES string of the molecule is C\C=C/C(=C\C=C\C)CN(C)C(OCC1(CO)CC1)(C1=CCC=CC=C1C=O)c1ccc(Cl)cc1. The minimum atomic E-state index is -1.06. The molecule has 0 amide bonds. The van der Waals surface area contributed by atoms with Crippen molar-refractivity contribution in [3.05, 3.63) is 106 Å². The van der Waals surface area contributed by atoms with E-state index in [9.17, 15) is 9.90 Å². The second-order valence-corrected chi connectivity index (χ2v) is 9.68. The van der Waals surface area contributed by atoms with Gasteiger partial charge in [-0.3, -0.25) is 9.69 Å². The zero-order chi connectivity index (χ0) is 25.3. The highest BCUT2D eigenvalue weighted by Gasteiger charge is 2.49. The molecule has 0 radical (unpaired) electrons. The molecule has 1 saturated carbocycles. The number of halogens is 1. The summed E-state index contributed by atoms with van der Waals surface area (Å²) in [6.07, 6.45) is 21.5. The Labute approximate surface area is 214 Å². The summed E-state index contributed by atoms with van der Waals surface area (Å²) in [5, 5.41) is 10.7. The van der Waals surface area contributed by atoms with Gasteiger partial charge in [0.25, 0.3) is 0 Å². The number of allylic oxidation sites excluding steroid dienone is 8. The van der Waals surface area contributed by atoms with Gasteiger partial charge in [0.05, 0.1) is 13.2 Å². The number of aliphatic hydroxyl groups excluding tert-OH is 1. The zero-order valence-corrected chi connectivity index (χ0v) is 21.7. The molecule has 1 atom stereocenters. The van der Waals surface area contributed by atoms with Crippen LogP contribution in [0.15, 0.2) is 95.7 Å². The van der Waals surface area contributed by atoms with Crippen LogP contribution in [0.1, 0.15) is 38.7 Å². The van der Waals surface area contributed by atoms with Crippen molar-refractivity contribution in [1.29, 1.82) is 0 Å². The van der Waals surface area contributed by atoms with Crippen molar-refractivity contribution >= 4 is 17.9 Å². The van der Waals surface area contributed by atoms with Crippen molar-refractivity contribution in [2.24, 2.45) is 5.41 Å². The van der Waals surface area contributed by atoms with Gasteiger partial charge >= 0.3 is 0 Å². The predicted molar refractivity (Wildman–Crippen MR) is 144 cm³/mol. The van der Waals surface area contributed by atoms with E-state index in [0.29, 0.717) is 30.2 Å². The summed E-state index contributed by atoms with van der Waals surface area (Å²) in [5.74, 6) is 0. The molecule has 0 heterocycles. The third-order valence-corrected chi connectivity index (χ3v) is 6.88. The molecule has 1 aromatic carbocycles. The first-order valence-electron chi connectivity index (χ1n) is 12.1. The monoisotopic (exact) mass is 493 g/mol. The number of rotatable bonds is 12. The van der Waals surface area contributed by atoms with Gasteiger partial charge in [-0.25, -0.2) is 0 Å². The lowest BCUT2D eigenvalue weighted by Gasteiger charge is -2.45. The highest BCUT2D eigenvalue weighted by molar-refractivity contribution is 6.30. The molecule has 2 aliphatic rings. The fourth-order valence-electron chi connectivity index (χ4n) is 4.37. The first-order chi connectivity index (χ1) is 16.9. The van der Waals surface area contributed by atoms with Crippen LogP contribution in [0, 0.1) is 5.41 Å². The van der Waals surface area contributed by atoms with Crippen molar-refractivity contribution in [2.45, 2.75) is 38.8 Å². The van der Waals surface area contributed by atoms with Gasteiger partial charge in [0.15, 0.2) is 5.72 Å². The van der Waals surface area contributed by atoms with E-state index >= 15 is 0 Å². The zero-order valence-electron chi connectivity index (χ0n) is 20.9. The number of ether oxygens (including phenoxy) is 1. The molecule has 2 aliphatic carbocycles. The van der Waals surface area contributed by atoms with Crippen LogP contribution in [0.2, 0.25) is 5.02 Å². The second kappa shape index (κ2) is 12.5. The molecule has 0 aromatic heterocycles. The Morgan fingerprint density at radius 1 is 1.23 bits per heavy atom. The highest BCUT2D eigenvalue weighted by atomic mass is 35.5. The molecule has 0 spiro atoms. The van der Waals surface area contributed by atoms with E-state index in [1.54, 1.807) is 0 Å². The third kappa shape index (κ3) is 6.39. The minimum Gasteiger partial charge on any atom is -0.396 e. The van der Waals surface area contributed by atoms with Crippen molar-refractivity contribution in [1.82, 2.24) is 4.90 Å². The Hall–Kier alpha value is -2.50. The second-order valence-electron chi connectivity index (χ2n) is 9.24. The molecule has 1 fully saturated rings. The van der Waals surface area contributed by atoms with Gasteiger partial charge in [0, 0.05) is 33.7 Å². The number of benzene rings is 1. The molecule has 3 rings (SSSR count). The lowest BCUT2D eigenvalue weighted by molar-refractivity contribution is -0.140. The Morgan fingerprint density at radius 2 is 1.97 bits per heavy atom. The fourth-order valence-corrected chi connectivity index (χ4v) is 4.50. The number of carbonyl (C=O) groups excluding carboxylic acids is 1. The van der Waals surface area contributed by atoms with Gasteiger partial charge in [0.2, 0.25) is 0 Å². The number of aldehydes is 1. The highest BCUT2D eigenvalue weighted by Crippen LogP contribution is 2.49. The Balaban J connectivity index is 2.20. The van der Waals surface area contributed by atoms with E-state index in [2.05, 4.69) is 23.1 Å². The maximum absolute atomic E-state index is 12.3. The van der Waals surface area contributed by atoms with Crippen LogP contribution < -0.4 is 0 Å². The minimum absolute atomic E-state index is 0.0788. The molecule has 0 bridgehead atoms. The Bertz CT molecular complexity index is 1060. The maximum Gasteiger partial charge on any atom is 0.174 e. The van der Waals surface area contributed by atoms with Gasteiger partial charge in [-0.2, -0.15) is 0 Å². The van der Waals surface area contributed by atoms with E-state index in [-0.39, 0.29) is 12.0 Å². The molecule has 0 aliphatic heterocycles. The summed E-state index contributed by atoms with van der Waals surface area (Å²) < 4.78 is 6.90. The van der Waals surface area contributed by atoms with E-state index < -0.39 is 5.72 Å². The van der Waals surface area contributed by atoms with Crippen molar-refractivity contribution in [3.63, 3.8) is 0 Å². The van der Waals surface area contributed by atoms with Crippen molar-refractivity contribution < 1.29 is 14.6 Å². The van der Waals surface area contributed by atoms with Gasteiger partial charge in [0.1, 0.15) is 6.29 Å². The van der Waals surface area contributed by atoms with Gasteiger partial charge in [-0.1, -0.05) is 78.4 Å². The number of likely N-dealkylation sites (N-methyl/N-ethyl adjacent to an activating group) is 1. The number of aliphatic hydroxyl groups is 1. The van der Waals surface area contributed by atoms with Gasteiger partial charge < -0.3 is 9.84 Å². The fraction of sp³-hybridized carbons (Fsp3) is 0.367. The smallest absolute Gasteiger partial charge is 0.174 e. The lowest BCUT2D eigenvalue weighted by Crippen LogP contribution is -2.50. The molecule has 186 valence electrons. The van der Waals surface area contributed by atoms with Crippen LogP contribution in [0.25, 0.3) is 0 Å². The van der Waals surface area contributed by atoms with E-state index in [0.717, 1.165) is 35.8 Å². The van der Waals surface area contributed by atoms with Crippen molar-refractivity contribution in [3.8, 4) is 0 Å². The normalized spacial score (nSPS) is 19.5. The van der Waals surface area contributed by atoms with E-state index in [1.165, 1.54) is 0 Å². The van der Waals surface area contributed by atoms with E-state index in [1.807, 2.05) is 81.6 Å². The quantitative estimate of drug-likeness (QED) is 0.211. The Morgan fingerprint density at radius 3 is 2.57 bits per heavy atom. The molecular weight excluding hydrogens is 458 g/mol. The third-order valence-electron chi connectivity index (χ3n) is 6.63. The van der Waals surface area contributed by atoms with Crippen molar-refractivity contribution in [2.75, 3.05) is 26.8 Å². The largest absolute Gasteiger partial charge is 0.396 e. The first kappa shape index (κ1) is 27.1. The van der Waals surface area contributed by atoms with Crippen LogP contribution in [0.3, 0.4) is 0 Å². The van der Waals surface area contributed by atoms with Crippen LogP contribution in [0.5, 0.6) is 0 Å². The first-order valence-corrected chi connectivity index (χ1v) is 12.5. The maximum atomic E-state index is 12.3. The summed E-state index contributed by atoms with van der Waals surface area (Å²) in [6, 6.07) is 7.63. The average Bonchev–Trinajstić information content (AvgIpc) is 3.68. The molecular formula is C30H36ClNO3. The van der Waals surface area contributed by atoms with Gasteiger partial charge in [-0.15, -0.1) is 0 Å². The summed E-state index contributed by atoms with van der Waals surface area (Å²) in [5.41, 5.74) is 2.04. The number of nitrogens with zero attached hydrogens (tertiary/aromatic N) is 1. The number of hydrogen-bond donors (Lipinski definition) is 1. The van der Waals surface area contributed by atoms with Crippen LogP contribution >= 0.6 is 11.6 Å². The average molecular weight is 494 g/mol. The lowest BCUT2D eigenvalue weighted by atomic mass is 9.86. The number of carbonyl (C=O) groups is 1. The molecule has 0 saturated heterocycles. The van der Waals surface area contributed by atoms with Crippen LogP contribution in [-0.4, -0.2) is 43.1 Å². The summed E-state index contributed by atoms with van der Waals surface area (Å²) in [6.45, 7) is 5.01. The predicted octanol–water partition coefficient (Wildman–Crippen LogP) is 6.30. The summed E-state index contributed by atoms with van der Waals surface area (Å²) >= 11 is 6.27. The Kier molecular flexibility index (Phi) is 9.64. The topological polar surface area (TPSA) is 49.8 Å². The molecule has 1 N–H and O–H groups in total.